The molecule has 1 atom stereocenters. The van der Waals surface area contributed by atoms with Crippen LogP contribution in [0.3, 0.4) is 0 Å². The molecule has 2 N–H and O–H groups in total. The molecule has 1 aliphatic heterocycles. The molecule has 20 heavy (non-hydrogen) atoms. The van der Waals surface area contributed by atoms with Gasteiger partial charge < -0.3 is 10.6 Å². The fourth-order valence-corrected chi connectivity index (χ4v) is 2.63. The van der Waals surface area contributed by atoms with E-state index in [4.69, 9.17) is 5.73 Å². The topological polar surface area (TPSA) is 49.6 Å². The summed E-state index contributed by atoms with van der Waals surface area (Å²) in [6.45, 7) is 9.43. The number of hydrogen-bond donors (Lipinski definition) is 1. The lowest BCUT2D eigenvalue weighted by atomic mass is 10.1. The van der Waals surface area contributed by atoms with Gasteiger partial charge in [0, 0.05) is 38.3 Å². The lowest BCUT2D eigenvalue weighted by Gasteiger charge is -2.36. The summed E-state index contributed by atoms with van der Waals surface area (Å²) in [5, 5.41) is 0. The summed E-state index contributed by atoms with van der Waals surface area (Å²) < 4.78 is 0. The van der Waals surface area contributed by atoms with Crippen LogP contribution < -0.4 is 5.73 Å². The Labute approximate surface area is 121 Å². The Morgan fingerprint density at radius 1 is 1.25 bits per heavy atom. The third-order valence-electron chi connectivity index (χ3n) is 4.01. The number of aryl methyl sites for hydroxylation is 1. The summed E-state index contributed by atoms with van der Waals surface area (Å²) in [4.78, 5) is 16.9. The van der Waals surface area contributed by atoms with E-state index in [0.29, 0.717) is 5.92 Å². The van der Waals surface area contributed by atoms with Crippen molar-refractivity contribution in [3.05, 3.63) is 35.4 Å². The smallest absolute Gasteiger partial charge is 0.254 e. The molecule has 0 aliphatic carbocycles. The predicted octanol–water partition coefficient (Wildman–Crippen LogP) is 1.35. The van der Waals surface area contributed by atoms with Crippen LogP contribution in [0, 0.1) is 12.8 Å². The van der Waals surface area contributed by atoms with E-state index < -0.39 is 0 Å². The first-order valence-electron chi connectivity index (χ1n) is 7.39. The fourth-order valence-electron chi connectivity index (χ4n) is 2.63. The first kappa shape index (κ1) is 15.0. The van der Waals surface area contributed by atoms with Crippen LogP contribution in [-0.2, 0) is 0 Å². The van der Waals surface area contributed by atoms with Gasteiger partial charge in [-0.3, -0.25) is 9.69 Å². The number of nitrogens with zero attached hydrogens (tertiary/aromatic N) is 2. The van der Waals surface area contributed by atoms with Crippen molar-refractivity contribution in [1.82, 2.24) is 9.80 Å². The summed E-state index contributed by atoms with van der Waals surface area (Å²) in [6, 6.07) is 7.81. The fraction of sp³-hybridized carbons (Fsp3) is 0.562. The Hall–Kier alpha value is -1.39. The van der Waals surface area contributed by atoms with Gasteiger partial charge in [0.2, 0.25) is 0 Å². The monoisotopic (exact) mass is 275 g/mol. The summed E-state index contributed by atoms with van der Waals surface area (Å²) in [5.41, 5.74) is 7.55. The van der Waals surface area contributed by atoms with Crippen molar-refractivity contribution in [3.8, 4) is 0 Å². The minimum absolute atomic E-state index is 0.162. The molecular formula is C16H25N3O. The summed E-state index contributed by atoms with van der Waals surface area (Å²) in [5.74, 6) is 0.684. The van der Waals surface area contributed by atoms with Gasteiger partial charge in [-0.05, 0) is 31.0 Å². The van der Waals surface area contributed by atoms with Crippen molar-refractivity contribution in [2.45, 2.75) is 13.8 Å². The lowest BCUT2D eigenvalue weighted by Crippen LogP contribution is -2.50. The van der Waals surface area contributed by atoms with Gasteiger partial charge in [-0.1, -0.05) is 25.1 Å². The predicted molar refractivity (Wildman–Crippen MR) is 81.7 cm³/mol. The normalized spacial score (nSPS) is 18.1. The maximum atomic E-state index is 12.5. The Morgan fingerprint density at radius 3 is 2.50 bits per heavy atom. The van der Waals surface area contributed by atoms with Crippen molar-refractivity contribution >= 4 is 5.91 Å². The molecule has 1 amide bonds. The molecule has 4 nitrogen and oxygen atoms in total. The quantitative estimate of drug-likeness (QED) is 0.902. The minimum Gasteiger partial charge on any atom is -0.336 e. The molecule has 0 saturated carbocycles. The zero-order valence-corrected chi connectivity index (χ0v) is 12.5. The third kappa shape index (κ3) is 3.58. The van der Waals surface area contributed by atoms with Crippen LogP contribution in [0.4, 0.5) is 0 Å². The highest BCUT2D eigenvalue weighted by Gasteiger charge is 2.23. The van der Waals surface area contributed by atoms with Crippen molar-refractivity contribution in [2.75, 3.05) is 39.3 Å². The van der Waals surface area contributed by atoms with Crippen LogP contribution in [-0.4, -0.2) is 55.0 Å². The third-order valence-corrected chi connectivity index (χ3v) is 4.01. The van der Waals surface area contributed by atoms with E-state index in [1.807, 2.05) is 36.1 Å². The molecule has 0 spiro atoms. The molecule has 1 aromatic rings. The molecule has 1 heterocycles. The number of amides is 1. The second-order valence-corrected chi connectivity index (χ2v) is 5.75. The van der Waals surface area contributed by atoms with E-state index in [2.05, 4.69) is 11.8 Å². The lowest BCUT2D eigenvalue weighted by molar-refractivity contribution is 0.0621. The van der Waals surface area contributed by atoms with Crippen LogP contribution in [0.5, 0.6) is 0 Å². The largest absolute Gasteiger partial charge is 0.336 e. The van der Waals surface area contributed by atoms with Crippen molar-refractivity contribution in [1.29, 1.82) is 0 Å². The molecule has 0 bridgehead atoms. The average molecular weight is 275 g/mol. The first-order valence-corrected chi connectivity index (χ1v) is 7.39. The Balaban J connectivity index is 1.91. The van der Waals surface area contributed by atoms with Gasteiger partial charge in [-0.25, -0.2) is 0 Å². The number of carbonyl (C=O) groups is 1. The van der Waals surface area contributed by atoms with Gasteiger partial charge in [0.05, 0.1) is 0 Å². The number of piperazine rings is 1. The molecule has 1 aromatic carbocycles. The summed E-state index contributed by atoms with van der Waals surface area (Å²) in [7, 11) is 0. The van der Waals surface area contributed by atoms with E-state index in [0.717, 1.165) is 50.4 Å². The Morgan fingerprint density at radius 2 is 1.90 bits per heavy atom. The Kier molecular flexibility index (Phi) is 5.15. The van der Waals surface area contributed by atoms with Gasteiger partial charge in [-0.2, -0.15) is 0 Å². The van der Waals surface area contributed by atoms with E-state index in [9.17, 15) is 4.79 Å². The minimum atomic E-state index is 0.162. The maximum absolute atomic E-state index is 12.5. The van der Waals surface area contributed by atoms with Crippen molar-refractivity contribution in [2.24, 2.45) is 11.7 Å². The van der Waals surface area contributed by atoms with Crippen LogP contribution >= 0.6 is 0 Å². The number of hydrogen-bond acceptors (Lipinski definition) is 3. The molecule has 2 rings (SSSR count). The van der Waals surface area contributed by atoms with Gasteiger partial charge >= 0.3 is 0 Å². The van der Waals surface area contributed by atoms with Gasteiger partial charge in [-0.15, -0.1) is 0 Å². The van der Waals surface area contributed by atoms with E-state index in [-0.39, 0.29) is 5.91 Å². The number of benzene rings is 1. The molecule has 1 unspecified atom stereocenters. The first-order chi connectivity index (χ1) is 9.61. The van der Waals surface area contributed by atoms with Crippen LogP contribution in [0.15, 0.2) is 24.3 Å². The zero-order valence-electron chi connectivity index (χ0n) is 12.5. The van der Waals surface area contributed by atoms with Crippen LogP contribution in [0.25, 0.3) is 0 Å². The molecule has 1 saturated heterocycles. The summed E-state index contributed by atoms with van der Waals surface area (Å²) >= 11 is 0. The molecule has 0 aromatic heterocycles. The molecule has 110 valence electrons. The van der Waals surface area contributed by atoms with Gasteiger partial charge in [0.15, 0.2) is 0 Å². The summed E-state index contributed by atoms with van der Waals surface area (Å²) in [6.07, 6.45) is 0. The highest BCUT2D eigenvalue weighted by Crippen LogP contribution is 2.13. The van der Waals surface area contributed by atoms with Crippen molar-refractivity contribution < 1.29 is 4.79 Å². The standard InChI is InChI=1S/C16H25N3O/c1-13(11-17)12-18-7-9-19(10-8-18)16(20)15-6-4-3-5-14(15)2/h3-6,13H,7-12,17H2,1-2H3. The molecule has 4 heteroatoms. The number of nitrogens with two attached hydrogens (primary N) is 1. The molecular weight excluding hydrogens is 250 g/mol. The van der Waals surface area contributed by atoms with Crippen LogP contribution in [0.1, 0.15) is 22.8 Å². The average Bonchev–Trinajstić information content (AvgIpc) is 2.47. The zero-order chi connectivity index (χ0) is 14.5. The second-order valence-electron chi connectivity index (χ2n) is 5.75. The molecule has 0 radical (unpaired) electrons. The molecule has 1 fully saturated rings. The number of carbonyl (C=O) groups excluding carboxylic acids is 1. The van der Waals surface area contributed by atoms with E-state index >= 15 is 0 Å². The highest BCUT2D eigenvalue weighted by molar-refractivity contribution is 5.95. The van der Waals surface area contributed by atoms with Crippen LogP contribution in [0.2, 0.25) is 0 Å². The highest BCUT2D eigenvalue weighted by atomic mass is 16.2. The SMILES string of the molecule is Cc1ccccc1C(=O)N1CCN(CC(C)CN)CC1. The van der Waals surface area contributed by atoms with E-state index in [1.54, 1.807) is 0 Å². The van der Waals surface area contributed by atoms with Gasteiger partial charge in [0.1, 0.15) is 0 Å². The number of rotatable bonds is 4. The van der Waals surface area contributed by atoms with E-state index in [1.165, 1.54) is 0 Å². The van der Waals surface area contributed by atoms with Crippen molar-refractivity contribution in [3.63, 3.8) is 0 Å². The maximum Gasteiger partial charge on any atom is 0.254 e. The molecule has 1 aliphatic rings. The second kappa shape index (κ2) is 6.86. The Bertz CT molecular complexity index is 453. The van der Waals surface area contributed by atoms with Gasteiger partial charge in [0.25, 0.3) is 5.91 Å².